The van der Waals surface area contributed by atoms with Gasteiger partial charge in [-0.25, -0.2) is 9.97 Å². The first kappa shape index (κ1) is 16.9. The average Bonchev–Trinajstić information content (AvgIpc) is 3.39. The zero-order chi connectivity index (χ0) is 18.4. The van der Waals surface area contributed by atoms with E-state index in [1.54, 1.807) is 24.4 Å². The lowest BCUT2D eigenvalue weighted by Crippen LogP contribution is -2.08. The number of thiophene rings is 1. The molecule has 5 rings (SSSR count). The third-order valence-corrected chi connectivity index (χ3v) is 7.17. The lowest BCUT2D eigenvalue weighted by molar-refractivity contribution is 0.509. The first-order valence-corrected chi connectivity index (χ1v) is 10.8. The quantitative estimate of drug-likeness (QED) is 0.459. The van der Waals surface area contributed by atoms with Crippen molar-refractivity contribution >= 4 is 33.3 Å². The smallest absolute Gasteiger partial charge is 0.200 e. The minimum Gasteiger partial charge on any atom is -0.461 e. The fraction of sp³-hybridized carbons (Fsp3) is 0.368. The number of hydrogen-bond donors (Lipinski definition) is 0. The van der Waals surface area contributed by atoms with Gasteiger partial charge in [-0.2, -0.15) is 0 Å². The van der Waals surface area contributed by atoms with E-state index in [-0.39, 0.29) is 0 Å². The largest absolute Gasteiger partial charge is 0.461 e. The van der Waals surface area contributed by atoms with Gasteiger partial charge in [-0.3, -0.25) is 4.57 Å². The molecule has 138 valence electrons. The van der Waals surface area contributed by atoms with Gasteiger partial charge < -0.3 is 4.42 Å². The number of rotatable bonds is 4. The molecule has 4 heterocycles. The van der Waals surface area contributed by atoms with Crippen LogP contribution in [0.4, 0.5) is 0 Å². The Morgan fingerprint density at radius 2 is 2.26 bits per heavy atom. The van der Waals surface area contributed by atoms with Crippen LogP contribution in [-0.4, -0.2) is 24.7 Å². The van der Waals surface area contributed by atoms with E-state index in [0.29, 0.717) is 0 Å². The summed E-state index contributed by atoms with van der Waals surface area (Å²) in [7, 11) is 0. The third kappa shape index (κ3) is 2.87. The highest BCUT2D eigenvalue weighted by molar-refractivity contribution is 7.99. The monoisotopic (exact) mass is 397 g/mol. The van der Waals surface area contributed by atoms with Crippen LogP contribution >= 0.6 is 23.1 Å². The van der Waals surface area contributed by atoms with Gasteiger partial charge in [-0.1, -0.05) is 6.92 Å². The molecule has 0 N–H and O–H groups in total. The Morgan fingerprint density at radius 3 is 3.07 bits per heavy atom. The highest BCUT2D eigenvalue weighted by Gasteiger charge is 2.24. The molecule has 6 nitrogen and oxygen atoms in total. The van der Waals surface area contributed by atoms with E-state index in [1.807, 2.05) is 23.5 Å². The summed E-state index contributed by atoms with van der Waals surface area (Å²) in [5, 5.41) is 11.8. The summed E-state index contributed by atoms with van der Waals surface area (Å²) < 4.78 is 7.58. The van der Waals surface area contributed by atoms with Crippen LogP contribution in [0.25, 0.3) is 21.8 Å². The lowest BCUT2D eigenvalue weighted by Gasteiger charge is -2.18. The maximum atomic E-state index is 5.51. The standard InChI is InChI=1S/C19H19N5OS2/c1-3-24-16(13-5-4-8-25-13)22-23-19(24)27-18-15-12-7-6-11(2)9-14(12)26-17(15)20-10-21-18/h4-5,8,10-11H,3,6-7,9H2,1-2H3/t11-/m1/s1. The molecule has 4 aromatic rings. The predicted octanol–water partition coefficient (Wildman–Crippen LogP) is 4.84. The molecule has 4 aromatic heterocycles. The molecule has 1 aliphatic carbocycles. The second-order valence-corrected chi connectivity index (χ2v) is 8.88. The van der Waals surface area contributed by atoms with Crippen molar-refractivity contribution in [2.45, 2.75) is 49.8 Å². The van der Waals surface area contributed by atoms with Crippen molar-refractivity contribution in [1.29, 1.82) is 0 Å². The molecule has 0 fully saturated rings. The van der Waals surface area contributed by atoms with E-state index in [9.17, 15) is 0 Å². The first-order chi connectivity index (χ1) is 13.2. The molecule has 0 spiro atoms. The second kappa shape index (κ2) is 6.76. The van der Waals surface area contributed by atoms with Gasteiger partial charge in [0.25, 0.3) is 0 Å². The van der Waals surface area contributed by atoms with Crippen LogP contribution in [-0.2, 0) is 19.4 Å². The van der Waals surface area contributed by atoms with Crippen LogP contribution in [0.3, 0.4) is 0 Å². The van der Waals surface area contributed by atoms with Gasteiger partial charge >= 0.3 is 0 Å². The van der Waals surface area contributed by atoms with Crippen molar-refractivity contribution in [1.82, 2.24) is 24.7 Å². The van der Waals surface area contributed by atoms with Gasteiger partial charge in [0.15, 0.2) is 16.7 Å². The van der Waals surface area contributed by atoms with Crippen molar-refractivity contribution in [3.05, 3.63) is 35.2 Å². The van der Waals surface area contributed by atoms with Crippen LogP contribution in [0.5, 0.6) is 0 Å². The van der Waals surface area contributed by atoms with E-state index in [1.165, 1.54) is 22.2 Å². The molecular weight excluding hydrogens is 378 g/mol. The van der Waals surface area contributed by atoms with Crippen LogP contribution in [0, 0.1) is 5.92 Å². The molecule has 1 aliphatic rings. The Hall–Kier alpha value is -2.19. The fourth-order valence-corrected chi connectivity index (χ4v) is 6.06. The summed E-state index contributed by atoms with van der Waals surface area (Å²) in [4.78, 5) is 11.7. The van der Waals surface area contributed by atoms with Crippen LogP contribution in [0.2, 0.25) is 0 Å². The number of furan rings is 1. The van der Waals surface area contributed by atoms with Gasteiger partial charge in [0.1, 0.15) is 16.2 Å². The number of hydrogen-bond acceptors (Lipinski definition) is 7. The molecule has 0 amide bonds. The van der Waals surface area contributed by atoms with E-state index < -0.39 is 0 Å². The van der Waals surface area contributed by atoms with Gasteiger partial charge in [-0.05, 0) is 61.6 Å². The average molecular weight is 398 g/mol. The van der Waals surface area contributed by atoms with E-state index in [4.69, 9.17) is 4.42 Å². The Morgan fingerprint density at radius 1 is 1.33 bits per heavy atom. The molecular formula is C19H19N5OS2. The Balaban J connectivity index is 1.58. The molecule has 0 aromatic carbocycles. The highest BCUT2D eigenvalue weighted by atomic mass is 32.2. The van der Waals surface area contributed by atoms with Gasteiger partial charge in [0, 0.05) is 16.8 Å². The molecule has 0 bridgehead atoms. The maximum Gasteiger partial charge on any atom is 0.200 e. The van der Waals surface area contributed by atoms with Crippen molar-refractivity contribution in [2.24, 2.45) is 5.92 Å². The minimum absolute atomic E-state index is 0.728. The minimum atomic E-state index is 0.728. The molecule has 0 saturated heterocycles. The molecule has 0 unspecified atom stereocenters. The van der Waals surface area contributed by atoms with Crippen LogP contribution in [0.1, 0.15) is 30.7 Å². The SMILES string of the molecule is CCn1c(Sc2ncnc3sc4c(c23)CC[C@@H](C)C4)nnc1-c1ccco1. The Kier molecular flexibility index (Phi) is 4.24. The Labute approximate surface area is 165 Å². The summed E-state index contributed by atoms with van der Waals surface area (Å²) in [6, 6.07) is 3.77. The Bertz CT molecular complexity index is 1100. The number of aromatic nitrogens is 5. The summed E-state index contributed by atoms with van der Waals surface area (Å²) in [6.45, 7) is 5.18. The van der Waals surface area contributed by atoms with Crippen LogP contribution < -0.4 is 0 Å². The normalized spacial score (nSPS) is 16.7. The van der Waals surface area contributed by atoms with Gasteiger partial charge in [-0.15, -0.1) is 21.5 Å². The first-order valence-electron chi connectivity index (χ1n) is 9.14. The molecule has 8 heteroatoms. The zero-order valence-corrected chi connectivity index (χ0v) is 16.8. The van der Waals surface area contributed by atoms with E-state index >= 15 is 0 Å². The molecule has 0 radical (unpaired) electrons. The van der Waals surface area contributed by atoms with Crippen molar-refractivity contribution in [3.8, 4) is 11.6 Å². The highest BCUT2D eigenvalue weighted by Crippen LogP contribution is 2.42. The summed E-state index contributed by atoms with van der Waals surface area (Å²) in [5.41, 5.74) is 1.44. The van der Waals surface area contributed by atoms with E-state index in [2.05, 4.69) is 38.6 Å². The summed E-state index contributed by atoms with van der Waals surface area (Å²) >= 11 is 3.39. The summed E-state index contributed by atoms with van der Waals surface area (Å²) in [5.74, 6) is 2.22. The molecule has 0 saturated carbocycles. The van der Waals surface area contributed by atoms with Crippen LogP contribution in [0.15, 0.2) is 39.3 Å². The molecule has 1 atom stereocenters. The van der Waals surface area contributed by atoms with Gasteiger partial charge in [0.05, 0.1) is 6.26 Å². The maximum absolute atomic E-state index is 5.51. The number of aryl methyl sites for hydroxylation is 1. The zero-order valence-electron chi connectivity index (χ0n) is 15.2. The topological polar surface area (TPSA) is 69.6 Å². The third-order valence-electron chi connectivity index (χ3n) is 5.02. The van der Waals surface area contributed by atoms with Crippen molar-refractivity contribution in [3.63, 3.8) is 0 Å². The van der Waals surface area contributed by atoms with Crippen molar-refractivity contribution in [2.75, 3.05) is 0 Å². The lowest BCUT2D eigenvalue weighted by atomic mass is 9.89. The number of nitrogens with zero attached hydrogens (tertiary/aromatic N) is 5. The summed E-state index contributed by atoms with van der Waals surface area (Å²) in [6.07, 6.45) is 6.80. The van der Waals surface area contributed by atoms with E-state index in [0.717, 1.165) is 51.9 Å². The molecule has 0 aliphatic heterocycles. The number of fused-ring (bicyclic) bond motifs is 3. The molecule has 27 heavy (non-hydrogen) atoms. The van der Waals surface area contributed by atoms with Gasteiger partial charge in [0.2, 0.25) is 0 Å². The fourth-order valence-electron chi connectivity index (χ4n) is 3.65. The second-order valence-electron chi connectivity index (χ2n) is 6.84. The van der Waals surface area contributed by atoms with Crippen molar-refractivity contribution < 1.29 is 4.42 Å². The predicted molar refractivity (Wildman–Crippen MR) is 106 cm³/mol.